The van der Waals surface area contributed by atoms with Crippen molar-refractivity contribution in [2.75, 3.05) is 5.32 Å². The minimum Gasteiger partial charge on any atom is -0.322 e. The van der Waals surface area contributed by atoms with Crippen molar-refractivity contribution in [2.24, 2.45) is 0 Å². The summed E-state index contributed by atoms with van der Waals surface area (Å²) < 4.78 is 5.13. The van der Waals surface area contributed by atoms with E-state index in [1.165, 1.54) is 10.9 Å². The lowest BCUT2D eigenvalue weighted by Crippen LogP contribution is -2.23. The van der Waals surface area contributed by atoms with Crippen molar-refractivity contribution in [1.82, 2.24) is 29.3 Å². The first-order chi connectivity index (χ1) is 11.5. The highest BCUT2D eigenvalue weighted by atomic mass is 35.5. The molecule has 1 unspecified atom stereocenters. The Labute approximate surface area is 144 Å². The van der Waals surface area contributed by atoms with Crippen LogP contribution in [-0.2, 0) is 17.9 Å². The van der Waals surface area contributed by atoms with Crippen LogP contribution in [0.3, 0.4) is 0 Å². The molecule has 3 aromatic heterocycles. The van der Waals surface area contributed by atoms with Gasteiger partial charge >= 0.3 is 0 Å². The quantitative estimate of drug-likeness (QED) is 0.741. The molecule has 126 valence electrons. The fourth-order valence-electron chi connectivity index (χ4n) is 2.26. The molecule has 0 saturated heterocycles. The third-order valence-corrected chi connectivity index (χ3v) is 3.80. The van der Waals surface area contributed by atoms with Crippen LogP contribution in [-0.4, -0.2) is 35.2 Å². The van der Waals surface area contributed by atoms with E-state index in [1.807, 2.05) is 24.0 Å². The first-order valence-corrected chi connectivity index (χ1v) is 7.97. The fraction of sp³-hybridized carbons (Fsp3) is 0.333. The summed E-state index contributed by atoms with van der Waals surface area (Å²) in [5.74, 6) is -0.187. The minimum atomic E-state index is -0.469. The molecule has 3 aromatic rings. The minimum absolute atomic E-state index is 0.187. The van der Waals surface area contributed by atoms with E-state index >= 15 is 0 Å². The summed E-state index contributed by atoms with van der Waals surface area (Å²) in [6.07, 6.45) is 10.3. The van der Waals surface area contributed by atoms with Gasteiger partial charge < -0.3 is 5.32 Å². The van der Waals surface area contributed by atoms with Crippen LogP contribution >= 0.6 is 11.6 Å². The third kappa shape index (κ3) is 3.65. The van der Waals surface area contributed by atoms with E-state index in [-0.39, 0.29) is 5.91 Å². The molecule has 1 amide bonds. The molecule has 9 heteroatoms. The van der Waals surface area contributed by atoms with Crippen molar-refractivity contribution in [3.63, 3.8) is 0 Å². The lowest BCUT2D eigenvalue weighted by atomic mass is 10.3. The van der Waals surface area contributed by atoms with Crippen molar-refractivity contribution >= 4 is 23.2 Å². The van der Waals surface area contributed by atoms with Crippen molar-refractivity contribution < 1.29 is 4.79 Å². The molecule has 0 radical (unpaired) electrons. The highest BCUT2D eigenvalue weighted by Gasteiger charge is 2.16. The number of aromatic nitrogens is 6. The van der Waals surface area contributed by atoms with Crippen molar-refractivity contribution in [3.8, 4) is 0 Å². The molecule has 0 aliphatic rings. The van der Waals surface area contributed by atoms with Crippen LogP contribution in [0.1, 0.15) is 25.5 Å². The first kappa shape index (κ1) is 16.3. The smallest absolute Gasteiger partial charge is 0.249 e. The molecule has 0 spiro atoms. The van der Waals surface area contributed by atoms with Crippen molar-refractivity contribution in [1.29, 1.82) is 0 Å². The SMILES string of the molecule is CCn1cc(Cn2cc(NC(=O)C(C)n3cc(Cl)cn3)cn2)cn1. The van der Waals surface area contributed by atoms with Gasteiger partial charge in [0.2, 0.25) is 5.91 Å². The van der Waals surface area contributed by atoms with Crippen LogP contribution in [0.4, 0.5) is 5.69 Å². The Balaban J connectivity index is 1.62. The highest BCUT2D eigenvalue weighted by molar-refractivity contribution is 6.30. The molecule has 0 aliphatic heterocycles. The van der Waals surface area contributed by atoms with Crippen molar-refractivity contribution in [3.05, 3.63) is 47.8 Å². The molecule has 0 aromatic carbocycles. The van der Waals surface area contributed by atoms with E-state index < -0.39 is 6.04 Å². The molecule has 24 heavy (non-hydrogen) atoms. The average molecular weight is 348 g/mol. The van der Waals surface area contributed by atoms with Gasteiger partial charge in [-0.1, -0.05) is 11.6 Å². The Bertz CT molecular complexity index is 834. The normalized spacial score (nSPS) is 12.3. The Morgan fingerprint density at radius 2 is 1.96 bits per heavy atom. The summed E-state index contributed by atoms with van der Waals surface area (Å²) >= 11 is 5.83. The number of nitrogens with zero attached hydrogens (tertiary/aromatic N) is 6. The second-order valence-corrected chi connectivity index (χ2v) is 5.87. The topological polar surface area (TPSA) is 82.6 Å². The monoisotopic (exact) mass is 347 g/mol. The zero-order valence-corrected chi connectivity index (χ0v) is 14.2. The predicted molar refractivity (Wildman–Crippen MR) is 89.8 cm³/mol. The van der Waals surface area contributed by atoms with E-state index in [9.17, 15) is 4.79 Å². The van der Waals surface area contributed by atoms with Gasteiger partial charge in [-0.3, -0.25) is 18.8 Å². The van der Waals surface area contributed by atoms with Crippen LogP contribution in [0.25, 0.3) is 0 Å². The van der Waals surface area contributed by atoms with Crippen LogP contribution in [0.2, 0.25) is 5.02 Å². The second kappa shape index (κ2) is 6.88. The van der Waals surface area contributed by atoms with Gasteiger partial charge in [-0.15, -0.1) is 0 Å². The molecule has 0 aliphatic carbocycles. The number of carbonyl (C=O) groups excluding carboxylic acids is 1. The number of halogens is 1. The van der Waals surface area contributed by atoms with Gasteiger partial charge in [0.25, 0.3) is 0 Å². The molecule has 0 saturated carbocycles. The number of hydrogen-bond acceptors (Lipinski definition) is 4. The molecule has 1 N–H and O–H groups in total. The summed E-state index contributed by atoms with van der Waals surface area (Å²) in [4.78, 5) is 12.3. The summed E-state index contributed by atoms with van der Waals surface area (Å²) in [7, 11) is 0. The summed E-state index contributed by atoms with van der Waals surface area (Å²) in [6, 6.07) is -0.469. The van der Waals surface area contributed by atoms with Crippen LogP contribution in [0.15, 0.2) is 37.2 Å². The van der Waals surface area contributed by atoms with Crippen LogP contribution in [0, 0.1) is 0 Å². The van der Waals surface area contributed by atoms with Gasteiger partial charge in [-0.2, -0.15) is 15.3 Å². The number of nitrogens with one attached hydrogen (secondary N) is 1. The van der Waals surface area contributed by atoms with Gasteiger partial charge in [-0.05, 0) is 13.8 Å². The number of amides is 1. The Kier molecular flexibility index (Phi) is 4.66. The summed E-state index contributed by atoms with van der Waals surface area (Å²) in [5.41, 5.74) is 1.69. The molecule has 0 fully saturated rings. The highest BCUT2D eigenvalue weighted by Crippen LogP contribution is 2.14. The van der Waals surface area contributed by atoms with Gasteiger partial charge in [0, 0.05) is 30.7 Å². The average Bonchev–Trinajstić information content (AvgIpc) is 3.29. The van der Waals surface area contributed by atoms with E-state index in [2.05, 4.69) is 20.6 Å². The van der Waals surface area contributed by atoms with Crippen molar-refractivity contribution in [2.45, 2.75) is 33.0 Å². The maximum absolute atomic E-state index is 12.3. The van der Waals surface area contributed by atoms with Crippen LogP contribution < -0.4 is 5.32 Å². The molecule has 0 bridgehead atoms. The fourth-order valence-corrected chi connectivity index (χ4v) is 2.40. The summed E-state index contributed by atoms with van der Waals surface area (Å²) in [5, 5.41) is 15.9. The summed E-state index contributed by atoms with van der Waals surface area (Å²) in [6.45, 7) is 5.21. The van der Waals surface area contributed by atoms with E-state index in [0.29, 0.717) is 17.3 Å². The molecule has 1 atom stereocenters. The predicted octanol–water partition coefficient (Wildman–Crippen LogP) is 2.20. The van der Waals surface area contributed by atoms with Crippen LogP contribution in [0.5, 0.6) is 0 Å². The van der Waals surface area contributed by atoms with Gasteiger partial charge in [0.15, 0.2) is 0 Å². The second-order valence-electron chi connectivity index (χ2n) is 5.43. The largest absolute Gasteiger partial charge is 0.322 e. The maximum atomic E-state index is 12.3. The van der Waals surface area contributed by atoms with Gasteiger partial charge in [0.1, 0.15) is 6.04 Å². The van der Waals surface area contributed by atoms with Gasteiger partial charge in [0.05, 0.1) is 35.8 Å². The Hall–Kier alpha value is -2.61. The Morgan fingerprint density at radius 3 is 2.62 bits per heavy atom. The number of hydrogen-bond donors (Lipinski definition) is 1. The lowest BCUT2D eigenvalue weighted by Gasteiger charge is -2.11. The van der Waals surface area contributed by atoms with Gasteiger partial charge in [-0.25, -0.2) is 0 Å². The third-order valence-electron chi connectivity index (χ3n) is 3.60. The standard InChI is InChI=1S/C15H18ClN7O/c1-3-21-7-12(4-17-21)8-22-10-14(6-18-22)20-15(24)11(2)23-9-13(16)5-19-23/h4-7,9-11H,3,8H2,1-2H3,(H,20,24). The number of aryl methyl sites for hydroxylation is 1. The Morgan fingerprint density at radius 1 is 1.17 bits per heavy atom. The number of carbonyl (C=O) groups is 1. The van der Waals surface area contributed by atoms with E-state index in [1.54, 1.807) is 30.2 Å². The molecular formula is C15H18ClN7O. The zero-order chi connectivity index (χ0) is 17.1. The molecule has 8 nitrogen and oxygen atoms in total. The number of anilines is 1. The lowest BCUT2D eigenvalue weighted by molar-refractivity contribution is -0.119. The molecule has 3 heterocycles. The zero-order valence-electron chi connectivity index (χ0n) is 13.4. The molecular weight excluding hydrogens is 330 g/mol. The first-order valence-electron chi connectivity index (χ1n) is 7.59. The maximum Gasteiger partial charge on any atom is 0.249 e. The molecule has 3 rings (SSSR count). The van der Waals surface area contributed by atoms with E-state index in [4.69, 9.17) is 11.6 Å². The van der Waals surface area contributed by atoms with E-state index in [0.717, 1.165) is 12.1 Å². The number of rotatable bonds is 6.